The van der Waals surface area contributed by atoms with Crippen LogP contribution < -0.4 is 10.1 Å². The molecule has 4 heteroatoms. The quantitative estimate of drug-likeness (QED) is 0.795. The number of nitrogens with zero attached hydrogens (tertiary/aromatic N) is 2. The third-order valence-electron chi connectivity index (χ3n) is 2.82. The molecule has 0 aliphatic rings. The molecule has 0 unspecified atom stereocenters. The molecule has 0 atom stereocenters. The Hall–Kier alpha value is -1.97. The fraction of sp³-hybridized carbons (Fsp3) is 0.357. The summed E-state index contributed by atoms with van der Waals surface area (Å²) in [5.74, 6) is 0.892. The second-order valence-electron chi connectivity index (χ2n) is 4.28. The van der Waals surface area contributed by atoms with Crippen molar-refractivity contribution in [2.24, 2.45) is 0 Å². The number of aromatic nitrogens is 2. The molecule has 2 aromatic rings. The molecule has 0 fully saturated rings. The second-order valence-corrected chi connectivity index (χ2v) is 4.28. The highest BCUT2D eigenvalue weighted by atomic mass is 16.5. The van der Waals surface area contributed by atoms with Gasteiger partial charge in [0.05, 0.1) is 19.1 Å². The molecule has 1 aromatic carbocycles. The fourth-order valence-corrected chi connectivity index (χ4v) is 1.86. The minimum absolute atomic E-state index is 0.892. The minimum atomic E-state index is 0.892. The predicted molar refractivity (Wildman–Crippen MR) is 73.1 cm³/mol. The molecule has 1 N–H and O–H groups in total. The van der Waals surface area contributed by atoms with E-state index in [-0.39, 0.29) is 0 Å². The fourth-order valence-electron chi connectivity index (χ4n) is 1.86. The van der Waals surface area contributed by atoms with E-state index in [1.54, 1.807) is 13.3 Å². The monoisotopic (exact) mass is 245 g/mol. The molecule has 0 saturated carbocycles. The number of imidazole rings is 1. The zero-order chi connectivity index (χ0) is 12.8. The van der Waals surface area contributed by atoms with Crippen LogP contribution in [0.15, 0.2) is 36.9 Å². The molecule has 0 bridgehead atoms. The van der Waals surface area contributed by atoms with Crippen LogP contribution in [0.3, 0.4) is 0 Å². The molecule has 0 spiro atoms. The van der Waals surface area contributed by atoms with Crippen molar-refractivity contribution in [2.75, 3.05) is 19.0 Å². The number of aryl methyl sites for hydroxylation is 2. The Labute approximate surface area is 108 Å². The van der Waals surface area contributed by atoms with E-state index in [2.05, 4.69) is 33.9 Å². The van der Waals surface area contributed by atoms with Crippen molar-refractivity contribution in [2.45, 2.75) is 19.9 Å². The van der Waals surface area contributed by atoms with Gasteiger partial charge < -0.3 is 14.6 Å². The average molecular weight is 245 g/mol. The van der Waals surface area contributed by atoms with Gasteiger partial charge in [-0.15, -0.1) is 0 Å². The second kappa shape index (κ2) is 6.10. The van der Waals surface area contributed by atoms with Crippen molar-refractivity contribution in [1.29, 1.82) is 0 Å². The minimum Gasteiger partial charge on any atom is -0.495 e. The lowest BCUT2D eigenvalue weighted by Crippen LogP contribution is -2.06. The summed E-state index contributed by atoms with van der Waals surface area (Å²) < 4.78 is 7.40. The highest BCUT2D eigenvalue weighted by molar-refractivity contribution is 5.57. The van der Waals surface area contributed by atoms with Gasteiger partial charge in [-0.3, -0.25) is 0 Å². The van der Waals surface area contributed by atoms with Crippen LogP contribution in [0.2, 0.25) is 0 Å². The number of ether oxygens (including phenoxy) is 1. The Balaban J connectivity index is 1.84. The molecule has 96 valence electrons. The first kappa shape index (κ1) is 12.5. The Morgan fingerprint density at radius 3 is 3.00 bits per heavy atom. The van der Waals surface area contributed by atoms with Crippen molar-refractivity contribution < 1.29 is 4.74 Å². The van der Waals surface area contributed by atoms with Gasteiger partial charge in [-0.2, -0.15) is 0 Å². The first-order valence-electron chi connectivity index (χ1n) is 6.14. The highest BCUT2D eigenvalue weighted by Crippen LogP contribution is 2.24. The van der Waals surface area contributed by atoms with Gasteiger partial charge in [0.2, 0.25) is 0 Å². The van der Waals surface area contributed by atoms with Gasteiger partial charge in [0, 0.05) is 25.5 Å². The van der Waals surface area contributed by atoms with Crippen LogP contribution in [-0.4, -0.2) is 23.2 Å². The van der Waals surface area contributed by atoms with E-state index in [0.29, 0.717) is 0 Å². The largest absolute Gasteiger partial charge is 0.495 e. The number of benzene rings is 1. The molecule has 0 aliphatic heterocycles. The topological polar surface area (TPSA) is 39.1 Å². The van der Waals surface area contributed by atoms with Crippen LogP contribution in [0, 0.1) is 6.92 Å². The molecular formula is C14H19N3O. The highest BCUT2D eigenvalue weighted by Gasteiger charge is 2.01. The Bertz CT molecular complexity index is 480. The van der Waals surface area contributed by atoms with Crippen LogP contribution in [0.25, 0.3) is 0 Å². The van der Waals surface area contributed by atoms with Gasteiger partial charge in [0.25, 0.3) is 0 Å². The normalized spacial score (nSPS) is 10.3. The maximum Gasteiger partial charge on any atom is 0.141 e. The number of hydrogen-bond acceptors (Lipinski definition) is 3. The van der Waals surface area contributed by atoms with Gasteiger partial charge in [-0.25, -0.2) is 4.98 Å². The first-order valence-corrected chi connectivity index (χ1v) is 6.14. The van der Waals surface area contributed by atoms with Crippen molar-refractivity contribution in [3.05, 3.63) is 42.5 Å². The van der Waals surface area contributed by atoms with Gasteiger partial charge in [-0.05, 0) is 31.0 Å². The molecule has 2 rings (SSSR count). The third kappa shape index (κ3) is 3.26. The summed E-state index contributed by atoms with van der Waals surface area (Å²) in [6.45, 7) is 3.97. The zero-order valence-corrected chi connectivity index (χ0v) is 10.9. The van der Waals surface area contributed by atoms with Crippen LogP contribution in [0.4, 0.5) is 5.69 Å². The summed E-state index contributed by atoms with van der Waals surface area (Å²) in [7, 11) is 1.70. The molecule has 1 aromatic heterocycles. The SMILES string of the molecule is COc1ccc(C)cc1NCCCn1ccnc1. The molecule has 0 aliphatic carbocycles. The number of anilines is 1. The maximum absolute atomic E-state index is 5.33. The Morgan fingerprint density at radius 2 is 2.28 bits per heavy atom. The molecule has 4 nitrogen and oxygen atoms in total. The summed E-state index contributed by atoms with van der Waals surface area (Å²) in [5, 5.41) is 3.41. The van der Waals surface area contributed by atoms with Crippen molar-refractivity contribution >= 4 is 5.69 Å². The van der Waals surface area contributed by atoms with E-state index in [0.717, 1.165) is 30.9 Å². The third-order valence-corrected chi connectivity index (χ3v) is 2.82. The summed E-state index contributed by atoms with van der Waals surface area (Å²) in [6.07, 6.45) is 6.67. The van der Waals surface area contributed by atoms with Crippen molar-refractivity contribution in [3.63, 3.8) is 0 Å². The standard InChI is InChI=1S/C14H19N3O/c1-12-4-5-14(18-2)13(10-12)16-6-3-8-17-9-7-15-11-17/h4-5,7,9-11,16H,3,6,8H2,1-2H3. The van der Waals surface area contributed by atoms with E-state index in [9.17, 15) is 0 Å². The van der Waals surface area contributed by atoms with E-state index >= 15 is 0 Å². The van der Waals surface area contributed by atoms with E-state index in [1.165, 1.54) is 5.56 Å². The summed E-state index contributed by atoms with van der Waals surface area (Å²) in [6, 6.07) is 6.15. The predicted octanol–water partition coefficient (Wildman–Crippen LogP) is 2.70. The Kier molecular flexibility index (Phi) is 4.23. The maximum atomic E-state index is 5.33. The molecule has 1 heterocycles. The zero-order valence-electron chi connectivity index (χ0n) is 10.9. The van der Waals surface area contributed by atoms with E-state index in [1.807, 2.05) is 18.6 Å². The van der Waals surface area contributed by atoms with Crippen LogP contribution in [0.5, 0.6) is 5.75 Å². The van der Waals surface area contributed by atoms with Gasteiger partial charge in [0.15, 0.2) is 0 Å². The smallest absolute Gasteiger partial charge is 0.141 e. The first-order chi connectivity index (χ1) is 8.79. The van der Waals surface area contributed by atoms with Crippen LogP contribution in [0.1, 0.15) is 12.0 Å². The number of hydrogen-bond donors (Lipinski definition) is 1. The number of rotatable bonds is 6. The summed E-state index contributed by atoms with van der Waals surface area (Å²) in [4.78, 5) is 4.02. The number of nitrogens with one attached hydrogen (secondary N) is 1. The summed E-state index contributed by atoms with van der Waals surface area (Å²) in [5.41, 5.74) is 2.29. The van der Waals surface area contributed by atoms with Crippen molar-refractivity contribution in [1.82, 2.24) is 9.55 Å². The van der Waals surface area contributed by atoms with Crippen molar-refractivity contribution in [3.8, 4) is 5.75 Å². The summed E-state index contributed by atoms with van der Waals surface area (Å²) >= 11 is 0. The molecule has 0 saturated heterocycles. The van der Waals surface area contributed by atoms with Gasteiger partial charge in [-0.1, -0.05) is 6.07 Å². The molecule has 0 amide bonds. The van der Waals surface area contributed by atoms with Crippen LogP contribution in [-0.2, 0) is 6.54 Å². The number of methoxy groups -OCH3 is 1. The van der Waals surface area contributed by atoms with E-state index < -0.39 is 0 Å². The lowest BCUT2D eigenvalue weighted by molar-refractivity contribution is 0.416. The molecule has 0 radical (unpaired) electrons. The van der Waals surface area contributed by atoms with E-state index in [4.69, 9.17) is 4.74 Å². The average Bonchev–Trinajstić information content (AvgIpc) is 2.88. The van der Waals surface area contributed by atoms with Gasteiger partial charge in [0.1, 0.15) is 5.75 Å². The lowest BCUT2D eigenvalue weighted by Gasteiger charge is -2.12. The molecular weight excluding hydrogens is 226 g/mol. The molecule has 18 heavy (non-hydrogen) atoms. The van der Waals surface area contributed by atoms with Gasteiger partial charge >= 0.3 is 0 Å². The van der Waals surface area contributed by atoms with Crippen LogP contribution >= 0.6 is 0 Å². The lowest BCUT2D eigenvalue weighted by atomic mass is 10.2. The Morgan fingerprint density at radius 1 is 1.39 bits per heavy atom.